The summed E-state index contributed by atoms with van der Waals surface area (Å²) < 4.78 is 0. The molecule has 1 nitrogen and oxygen atoms in total. The molecular formula is C10H20O. The summed E-state index contributed by atoms with van der Waals surface area (Å²) in [6, 6.07) is 0. The molecule has 0 saturated heterocycles. The standard InChI is InChI=1S/C10H20O/c1-3-5-7-9-10(11)8-6-4-2/h5,7,10-11H,3-4,6,8-9H2,1-2H3/b7-5-. The van der Waals surface area contributed by atoms with Crippen molar-refractivity contribution in [1.82, 2.24) is 0 Å². The Morgan fingerprint density at radius 1 is 1.27 bits per heavy atom. The number of unbranched alkanes of at least 4 members (excludes halogenated alkanes) is 1. The summed E-state index contributed by atoms with van der Waals surface area (Å²) in [5, 5.41) is 9.36. The SMILES string of the molecule is CC/C=C\CC(O)CCCC. The van der Waals surface area contributed by atoms with Crippen LogP contribution in [0.4, 0.5) is 0 Å². The van der Waals surface area contributed by atoms with Gasteiger partial charge in [-0.2, -0.15) is 0 Å². The van der Waals surface area contributed by atoms with E-state index in [4.69, 9.17) is 0 Å². The summed E-state index contributed by atoms with van der Waals surface area (Å²) in [7, 11) is 0. The van der Waals surface area contributed by atoms with E-state index in [0.29, 0.717) is 0 Å². The molecule has 0 aliphatic heterocycles. The van der Waals surface area contributed by atoms with Gasteiger partial charge < -0.3 is 5.11 Å². The average Bonchev–Trinajstić information content (AvgIpc) is 2.01. The van der Waals surface area contributed by atoms with E-state index in [2.05, 4.69) is 26.0 Å². The molecule has 1 atom stereocenters. The van der Waals surface area contributed by atoms with Crippen LogP contribution in [-0.2, 0) is 0 Å². The zero-order valence-corrected chi connectivity index (χ0v) is 7.71. The first-order chi connectivity index (χ1) is 5.31. The van der Waals surface area contributed by atoms with Crippen molar-refractivity contribution in [1.29, 1.82) is 0 Å². The number of rotatable bonds is 6. The van der Waals surface area contributed by atoms with Crippen molar-refractivity contribution < 1.29 is 5.11 Å². The summed E-state index contributed by atoms with van der Waals surface area (Å²) in [5.74, 6) is 0. The highest BCUT2D eigenvalue weighted by Crippen LogP contribution is 2.04. The molecule has 0 fully saturated rings. The molecule has 0 aliphatic rings. The van der Waals surface area contributed by atoms with E-state index in [9.17, 15) is 5.11 Å². The van der Waals surface area contributed by atoms with Crippen molar-refractivity contribution in [3.05, 3.63) is 12.2 Å². The van der Waals surface area contributed by atoms with Gasteiger partial charge in [0, 0.05) is 0 Å². The van der Waals surface area contributed by atoms with E-state index < -0.39 is 0 Å². The van der Waals surface area contributed by atoms with Crippen LogP contribution in [0.2, 0.25) is 0 Å². The molecule has 66 valence electrons. The maximum absolute atomic E-state index is 9.36. The number of aliphatic hydroxyl groups excluding tert-OH is 1. The van der Waals surface area contributed by atoms with Gasteiger partial charge in [-0.1, -0.05) is 38.8 Å². The van der Waals surface area contributed by atoms with Crippen molar-refractivity contribution in [3.63, 3.8) is 0 Å². The van der Waals surface area contributed by atoms with Crippen LogP contribution < -0.4 is 0 Å². The predicted octanol–water partition coefficient (Wildman–Crippen LogP) is 2.89. The van der Waals surface area contributed by atoms with E-state index in [1.54, 1.807) is 0 Å². The fraction of sp³-hybridized carbons (Fsp3) is 0.800. The molecule has 0 aliphatic carbocycles. The second-order valence-corrected chi connectivity index (χ2v) is 2.91. The number of hydrogen-bond acceptors (Lipinski definition) is 1. The molecule has 0 spiro atoms. The third-order valence-corrected chi connectivity index (χ3v) is 1.70. The molecular weight excluding hydrogens is 136 g/mol. The summed E-state index contributed by atoms with van der Waals surface area (Å²) >= 11 is 0. The lowest BCUT2D eigenvalue weighted by Gasteiger charge is -2.05. The van der Waals surface area contributed by atoms with Crippen LogP contribution in [0, 0.1) is 0 Å². The van der Waals surface area contributed by atoms with Gasteiger partial charge in [0.1, 0.15) is 0 Å². The maximum atomic E-state index is 9.36. The minimum Gasteiger partial charge on any atom is -0.393 e. The Morgan fingerprint density at radius 3 is 2.55 bits per heavy atom. The van der Waals surface area contributed by atoms with E-state index >= 15 is 0 Å². The molecule has 0 aromatic heterocycles. The van der Waals surface area contributed by atoms with Crippen molar-refractivity contribution in [2.45, 2.75) is 52.1 Å². The topological polar surface area (TPSA) is 20.2 Å². The third-order valence-electron chi connectivity index (χ3n) is 1.70. The molecule has 0 radical (unpaired) electrons. The van der Waals surface area contributed by atoms with E-state index in [1.807, 2.05) is 0 Å². The third kappa shape index (κ3) is 7.60. The smallest absolute Gasteiger partial charge is 0.0574 e. The quantitative estimate of drug-likeness (QED) is 0.586. The molecule has 1 heteroatoms. The maximum Gasteiger partial charge on any atom is 0.0574 e. The predicted molar refractivity (Wildman–Crippen MR) is 49.6 cm³/mol. The second-order valence-electron chi connectivity index (χ2n) is 2.91. The highest BCUT2D eigenvalue weighted by molar-refractivity contribution is 4.82. The lowest BCUT2D eigenvalue weighted by atomic mass is 10.1. The number of hydrogen-bond donors (Lipinski definition) is 1. The van der Waals surface area contributed by atoms with E-state index in [0.717, 1.165) is 25.7 Å². The minimum atomic E-state index is -0.113. The van der Waals surface area contributed by atoms with Gasteiger partial charge in [-0.3, -0.25) is 0 Å². The summed E-state index contributed by atoms with van der Waals surface area (Å²) in [6.07, 6.45) is 9.22. The van der Waals surface area contributed by atoms with Gasteiger partial charge >= 0.3 is 0 Å². The van der Waals surface area contributed by atoms with Gasteiger partial charge in [0.15, 0.2) is 0 Å². The average molecular weight is 156 g/mol. The largest absolute Gasteiger partial charge is 0.393 e. The van der Waals surface area contributed by atoms with Crippen LogP contribution in [0.1, 0.15) is 46.0 Å². The molecule has 11 heavy (non-hydrogen) atoms. The summed E-state index contributed by atoms with van der Waals surface area (Å²) in [4.78, 5) is 0. The fourth-order valence-corrected chi connectivity index (χ4v) is 0.978. The molecule has 0 heterocycles. The lowest BCUT2D eigenvalue weighted by molar-refractivity contribution is 0.164. The molecule has 0 aromatic rings. The molecule has 0 bridgehead atoms. The molecule has 0 saturated carbocycles. The second kappa shape index (κ2) is 7.80. The lowest BCUT2D eigenvalue weighted by Crippen LogP contribution is -2.03. The Bertz CT molecular complexity index is 97.0. The molecule has 0 aromatic carbocycles. The first kappa shape index (κ1) is 10.7. The van der Waals surface area contributed by atoms with Gasteiger partial charge in [-0.15, -0.1) is 0 Å². The van der Waals surface area contributed by atoms with Crippen LogP contribution >= 0.6 is 0 Å². The van der Waals surface area contributed by atoms with Crippen LogP contribution in [0.15, 0.2) is 12.2 Å². The normalized spacial score (nSPS) is 14.1. The summed E-state index contributed by atoms with van der Waals surface area (Å²) in [5.41, 5.74) is 0. The van der Waals surface area contributed by atoms with Crippen LogP contribution in [-0.4, -0.2) is 11.2 Å². The highest BCUT2D eigenvalue weighted by atomic mass is 16.3. The van der Waals surface area contributed by atoms with E-state index in [1.165, 1.54) is 6.42 Å². The van der Waals surface area contributed by atoms with Crippen molar-refractivity contribution in [3.8, 4) is 0 Å². The fourth-order valence-electron chi connectivity index (χ4n) is 0.978. The molecule has 1 unspecified atom stereocenters. The first-order valence-electron chi connectivity index (χ1n) is 4.64. The Morgan fingerprint density at radius 2 is 2.00 bits per heavy atom. The van der Waals surface area contributed by atoms with Crippen molar-refractivity contribution in [2.24, 2.45) is 0 Å². The zero-order valence-electron chi connectivity index (χ0n) is 7.71. The highest BCUT2D eigenvalue weighted by Gasteiger charge is 1.98. The van der Waals surface area contributed by atoms with Gasteiger partial charge in [-0.05, 0) is 19.3 Å². The summed E-state index contributed by atoms with van der Waals surface area (Å²) in [6.45, 7) is 4.25. The first-order valence-corrected chi connectivity index (χ1v) is 4.64. The van der Waals surface area contributed by atoms with E-state index in [-0.39, 0.29) is 6.10 Å². The van der Waals surface area contributed by atoms with Crippen LogP contribution in [0.25, 0.3) is 0 Å². The molecule has 0 amide bonds. The molecule has 0 rings (SSSR count). The van der Waals surface area contributed by atoms with Crippen molar-refractivity contribution in [2.75, 3.05) is 0 Å². The van der Waals surface area contributed by atoms with Crippen molar-refractivity contribution >= 4 is 0 Å². The van der Waals surface area contributed by atoms with Gasteiger partial charge in [0.25, 0.3) is 0 Å². The monoisotopic (exact) mass is 156 g/mol. The number of allylic oxidation sites excluding steroid dienone is 1. The Kier molecular flexibility index (Phi) is 7.59. The molecule has 1 N–H and O–H groups in total. The Hall–Kier alpha value is -0.300. The minimum absolute atomic E-state index is 0.113. The Balaban J connectivity index is 3.21. The zero-order chi connectivity index (χ0) is 8.53. The van der Waals surface area contributed by atoms with Gasteiger partial charge in [-0.25, -0.2) is 0 Å². The number of aliphatic hydroxyl groups is 1. The van der Waals surface area contributed by atoms with Crippen LogP contribution in [0.5, 0.6) is 0 Å². The Labute approximate surface area is 70.1 Å². The van der Waals surface area contributed by atoms with Crippen LogP contribution in [0.3, 0.4) is 0 Å². The van der Waals surface area contributed by atoms with Gasteiger partial charge in [0.2, 0.25) is 0 Å². The van der Waals surface area contributed by atoms with Gasteiger partial charge in [0.05, 0.1) is 6.10 Å².